The number of carbonyl (C=O) groups is 2. The summed E-state index contributed by atoms with van der Waals surface area (Å²) in [5, 5.41) is 9.09. The molecule has 0 fully saturated rings. The number of halogens is 1. The van der Waals surface area contributed by atoms with Crippen molar-refractivity contribution in [3.63, 3.8) is 0 Å². The molecule has 70 valence electrons. The lowest BCUT2D eigenvalue weighted by molar-refractivity contribution is -0.146. The van der Waals surface area contributed by atoms with E-state index < -0.39 is 22.7 Å². The van der Waals surface area contributed by atoms with Crippen LogP contribution in [0.25, 0.3) is 0 Å². The van der Waals surface area contributed by atoms with Crippen molar-refractivity contribution >= 4 is 27.7 Å². The van der Waals surface area contributed by atoms with Crippen molar-refractivity contribution in [1.82, 2.24) is 0 Å². The molecule has 0 saturated heterocycles. The number of aliphatic hydroxyl groups excluding tert-OH is 1. The molecule has 0 bridgehead atoms. The summed E-state index contributed by atoms with van der Waals surface area (Å²) < 4.78 is 4.58. The minimum atomic E-state index is -1.33. The summed E-state index contributed by atoms with van der Waals surface area (Å²) >= 11 is 2.86. The number of esters is 1. The number of alkyl halides is 1. The summed E-state index contributed by atoms with van der Waals surface area (Å²) in [4.78, 5) is 20.6. The number of rotatable bonds is 4. The molecule has 0 aliphatic rings. The second-order valence-corrected chi connectivity index (χ2v) is 3.20. The van der Waals surface area contributed by atoms with Gasteiger partial charge in [0.25, 0.3) is 0 Å². The Balaban J connectivity index is 4.09. The highest BCUT2D eigenvalue weighted by atomic mass is 79.9. The van der Waals surface area contributed by atoms with Crippen molar-refractivity contribution in [2.75, 3.05) is 6.61 Å². The van der Waals surface area contributed by atoms with Crippen LogP contribution in [-0.4, -0.2) is 34.4 Å². The molecule has 4 nitrogen and oxygen atoms in total. The molecule has 2 unspecified atom stereocenters. The fraction of sp³-hybridized carbons (Fsp3) is 0.714. The third-order valence-corrected chi connectivity index (χ3v) is 2.08. The van der Waals surface area contributed by atoms with E-state index in [1.807, 2.05) is 0 Å². The van der Waals surface area contributed by atoms with Gasteiger partial charge in [-0.1, -0.05) is 15.9 Å². The van der Waals surface area contributed by atoms with Crippen LogP contribution < -0.4 is 0 Å². The van der Waals surface area contributed by atoms with E-state index in [2.05, 4.69) is 20.7 Å². The van der Waals surface area contributed by atoms with Crippen LogP contribution in [0.1, 0.15) is 13.8 Å². The van der Waals surface area contributed by atoms with Crippen molar-refractivity contribution in [2.24, 2.45) is 0 Å². The lowest BCUT2D eigenvalue weighted by atomic mass is 10.2. The van der Waals surface area contributed by atoms with Crippen LogP contribution in [0.2, 0.25) is 0 Å². The minimum absolute atomic E-state index is 0.228. The Morgan fingerprint density at radius 3 is 2.42 bits per heavy atom. The predicted molar refractivity (Wildman–Crippen MR) is 46.0 cm³/mol. The van der Waals surface area contributed by atoms with Gasteiger partial charge in [0, 0.05) is 0 Å². The average molecular weight is 239 g/mol. The first-order valence-corrected chi connectivity index (χ1v) is 4.41. The molecule has 0 spiro atoms. The third kappa shape index (κ3) is 3.32. The summed E-state index contributed by atoms with van der Waals surface area (Å²) in [5.74, 6) is -1.09. The number of hydrogen-bond acceptors (Lipinski definition) is 4. The Morgan fingerprint density at radius 1 is 1.58 bits per heavy atom. The van der Waals surface area contributed by atoms with Crippen LogP contribution in [0.5, 0.6) is 0 Å². The summed E-state index contributed by atoms with van der Waals surface area (Å²) in [5.41, 5.74) is 0. The van der Waals surface area contributed by atoms with Crippen LogP contribution in [0.3, 0.4) is 0 Å². The number of aliphatic hydroxyl groups is 1. The van der Waals surface area contributed by atoms with E-state index in [0.29, 0.717) is 0 Å². The van der Waals surface area contributed by atoms with Gasteiger partial charge in [-0.05, 0) is 13.8 Å². The van der Waals surface area contributed by atoms with Gasteiger partial charge in [0.15, 0.2) is 5.78 Å². The molecule has 0 amide bonds. The molecular weight excluding hydrogens is 228 g/mol. The Labute approximate surface area is 79.0 Å². The Hall–Kier alpha value is -0.420. The van der Waals surface area contributed by atoms with E-state index in [-0.39, 0.29) is 6.61 Å². The van der Waals surface area contributed by atoms with Gasteiger partial charge in [-0.3, -0.25) is 9.59 Å². The number of Topliss-reactive ketones (excluding diaryl/α,β-unsaturated/α-hetero) is 1. The third-order valence-electron chi connectivity index (χ3n) is 1.21. The molecule has 2 atom stereocenters. The second kappa shape index (κ2) is 5.27. The van der Waals surface area contributed by atoms with Gasteiger partial charge >= 0.3 is 5.97 Å². The van der Waals surface area contributed by atoms with Gasteiger partial charge in [-0.25, -0.2) is 0 Å². The van der Waals surface area contributed by atoms with E-state index in [9.17, 15) is 9.59 Å². The molecule has 0 aromatic rings. The van der Waals surface area contributed by atoms with Crippen molar-refractivity contribution in [1.29, 1.82) is 0 Å². The Kier molecular flexibility index (Phi) is 5.08. The smallest absolute Gasteiger partial charge is 0.322 e. The predicted octanol–water partition coefficient (Wildman–Crippen LogP) is 0.263. The first-order chi connectivity index (χ1) is 5.50. The average Bonchev–Trinajstić information content (AvgIpc) is 2.02. The van der Waals surface area contributed by atoms with E-state index in [1.54, 1.807) is 6.92 Å². The summed E-state index contributed by atoms with van der Waals surface area (Å²) in [6, 6.07) is 0. The van der Waals surface area contributed by atoms with E-state index in [4.69, 9.17) is 5.11 Å². The first-order valence-electron chi connectivity index (χ1n) is 3.50. The number of ether oxygens (including phenoxy) is 1. The molecule has 5 heteroatoms. The minimum Gasteiger partial charge on any atom is -0.465 e. The zero-order valence-corrected chi connectivity index (χ0v) is 8.50. The number of hydrogen-bond donors (Lipinski definition) is 1. The zero-order chi connectivity index (χ0) is 9.72. The van der Waals surface area contributed by atoms with Crippen LogP contribution in [-0.2, 0) is 14.3 Å². The van der Waals surface area contributed by atoms with Crippen molar-refractivity contribution < 1.29 is 19.4 Å². The molecule has 0 saturated carbocycles. The highest BCUT2D eigenvalue weighted by Crippen LogP contribution is 2.08. The van der Waals surface area contributed by atoms with Crippen LogP contribution in [0.4, 0.5) is 0 Å². The fourth-order valence-electron chi connectivity index (χ4n) is 0.557. The van der Waals surface area contributed by atoms with Crippen molar-refractivity contribution in [2.45, 2.75) is 24.8 Å². The van der Waals surface area contributed by atoms with E-state index >= 15 is 0 Å². The number of carbonyl (C=O) groups excluding carboxylic acids is 2. The number of ketones is 1. The SMILES string of the molecule is CCOC(=O)C(Br)C(O)C(C)=O. The largest absolute Gasteiger partial charge is 0.465 e. The Morgan fingerprint density at radius 2 is 2.08 bits per heavy atom. The van der Waals surface area contributed by atoms with Crippen molar-refractivity contribution in [3.05, 3.63) is 0 Å². The molecule has 0 aliphatic carbocycles. The monoisotopic (exact) mass is 238 g/mol. The molecule has 0 heterocycles. The normalized spacial score (nSPS) is 15.0. The summed E-state index contributed by atoms with van der Waals surface area (Å²) in [6.07, 6.45) is -1.33. The van der Waals surface area contributed by atoms with Gasteiger partial charge < -0.3 is 9.84 Å². The van der Waals surface area contributed by atoms with Gasteiger partial charge in [0.05, 0.1) is 6.61 Å². The maximum atomic E-state index is 10.9. The van der Waals surface area contributed by atoms with Crippen LogP contribution in [0, 0.1) is 0 Å². The summed E-state index contributed by atoms with van der Waals surface area (Å²) in [6.45, 7) is 3.08. The molecule has 0 rings (SSSR count). The molecule has 0 radical (unpaired) electrons. The molecule has 0 aliphatic heterocycles. The molecule has 0 aromatic heterocycles. The van der Waals surface area contributed by atoms with Crippen molar-refractivity contribution in [3.8, 4) is 0 Å². The Bertz CT molecular complexity index is 180. The highest BCUT2D eigenvalue weighted by Gasteiger charge is 2.28. The second-order valence-electron chi connectivity index (χ2n) is 2.21. The maximum absolute atomic E-state index is 10.9. The molecule has 12 heavy (non-hydrogen) atoms. The molecular formula is C7H11BrO4. The van der Waals surface area contributed by atoms with Gasteiger partial charge in [-0.15, -0.1) is 0 Å². The van der Waals surface area contributed by atoms with Gasteiger partial charge in [0.1, 0.15) is 10.9 Å². The molecule has 1 N–H and O–H groups in total. The zero-order valence-electron chi connectivity index (χ0n) is 6.91. The van der Waals surface area contributed by atoms with Crippen LogP contribution in [0.15, 0.2) is 0 Å². The molecule has 0 aromatic carbocycles. The van der Waals surface area contributed by atoms with E-state index in [0.717, 1.165) is 0 Å². The highest BCUT2D eigenvalue weighted by molar-refractivity contribution is 9.10. The standard InChI is InChI=1S/C7H11BrO4/c1-3-12-7(11)5(8)6(10)4(2)9/h5-6,10H,3H2,1-2H3. The fourth-order valence-corrected chi connectivity index (χ4v) is 1.06. The van der Waals surface area contributed by atoms with Crippen LogP contribution >= 0.6 is 15.9 Å². The summed E-state index contributed by atoms with van der Waals surface area (Å²) in [7, 11) is 0. The first kappa shape index (κ1) is 11.6. The lowest BCUT2D eigenvalue weighted by Crippen LogP contribution is -2.35. The lowest BCUT2D eigenvalue weighted by Gasteiger charge is -2.12. The van der Waals surface area contributed by atoms with E-state index in [1.165, 1.54) is 6.92 Å². The maximum Gasteiger partial charge on any atom is 0.322 e. The van der Waals surface area contributed by atoms with Gasteiger partial charge in [-0.2, -0.15) is 0 Å². The quantitative estimate of drug-likeness (QED) is 0.564. The topological polar surface area (TPSA) is 63.6 Å². The van der Waals surface area contributed by atoms with Gasteiger partial charge in [0.2, 0.25) is 0 Å².